The van der Waals surface area contributed by atoms with E-state index in [9.17, 15) is 4.79 Å². The van der Waals surface area contributed by atoms with Gasteiger partial charge in [0, 0.05) is 6.04 Å². The molecule has 3 heteroatoms. The Morgan fingerprint density at radius 1 is 1.47 bits per heavy atom. The molecular weight excluding hydrogens is 188 g/mol. The standard InChI is InChI=1S/C12H22N2O/c1-4-6-11-13-9(5-2)12(15)14(11)10-7-8(10)3/h8-11,13H,4-7H2,1-3H3. The summed E-state index contributed by atoms with van der Waals surface area (Å²) in [6, 6.07) is 0.604. The van der Waals surface area contributed by atoms with Crippen molar-refractivity contribution in [1.29, 1.82) is 0 Å². The van der Waals surface area contributed by atoms with E-state index < -0.39 is 0 Å². The molecule has 2 rings (SSSR count). The molecule has 1 saturated heterocycles. The first-order valence-corrected chi connectivity index (χ1v) is 6.27. The third-order valence-electron chi connectivity index (χ3n) is 3.68. The molecule has 1 amide bonds. The van der Waals surface area contributed by atoms with Gasteiger partial charge in [0.2, 0.25) is 5.91 Å². The van der Waals surface area contributed by atoms with Crippen LogP contribution in [0, 0.1) is 5.92 Å². The topological polar surface area (TPSA) is 32.3 Å². The van der Waals surface area contributed by atoms with Gasteiger partial charge in [-0.2, -0.15) is 0 Å². The number of hydrogen-bond acceptors (Lipinski definition) is 2. The van der Waals surface area contributed by atoms with Crippen LogP contribution in [0.25, 0.3) is 0 Å². The molecule has 0 aromatic heterocycles. The molecular formula is C12H22N2O. The largest absolute Gasteiger partial charge is 0.323 e. The highest BCUT2D eigenvalue weighted by Gasteiger charge is 2.48. The first-order valence-electron chi connectivity index (χ1n) is 6.27. The molecule has 4 atom stereocenters. The Morgan fingerprint density at radius 2 is 2.13 bits per heavy atom. The van der Waals surface area contributed by atoms with Crippen LogP contribution in [-0.2, 0) is 4.79 Å². The smallest absolute Gasteiger partial charge is 0.241 e. The van der Waals surface area contributed by atoms with Gasteiger partial charge in [-0.3, -0.25) is 10.1 Å². The molecule has 1 saturated carbocycles. The fourth-order valence-electron chi connectivity index (χ4n) is 2.59. The third kappa shape index (κ3) is 1.89. The van der Waals surface area contributed by atoms with E-state index in [-0.39, 0.29) is 6.04 Å². The van der Waals surface area contributed by atoms with E-state index in [0.717, 1.165) is 19.3 Å². The van der Waals surface area contributed by atoms with Crippen molar-refractivity contribution in [3.8, 4) is 0 Å². The van der Waals surface area contributed by atoms with Crippen molar-refractivity contribution in [2.24, 2.45) is 5.92 Å². The van der Waals surface area contributed by atoms with Gasteiger partial charge in [0.1, 0.15) is 0 Å². The summed E-state index contributed by atoms with van der Waals surface area (Å²) in [5, 5.41) is 3.46. The molecule has 4 unspecified atom stereocenters. The summed E-state index contributed by atoms with van der Waals surface area (Å²) in [5.74, 6) is 1.05. The average Bonchev–Trinajstić information content (AvgIpc) is 2.82. The van der Waals surface area contributed by atoms with Gasteiger partial charge in [-0.1, -0.05) is 27.2 Å². The molecule has 0 aromatic carbocycles. The van der Waals surface area contributed by atoms with Gasteiger partial charge in [0.25, 0.3) is 0 Å². The number of nitrogens with one attached hydrogen (secondary N) is 1. The predicted molar refractivity (Wildman–Crippen MR) is 60.3 cm³/mol. The Balaban J connectivity index is 2.06. The normalized spacial score (nSPS) is 39.9. The van der Waals surface area contributed by atoms with Gasteiger partial charge < -0.3 is 4.90 Å². The number of hydrogen-bond donors (Lipinski definition) is 1. The number of amides is 1. The van der Waals surface area contributed by atoms with Crippen LogP contribution < -0.4 is 5.32 Å². The molecule has 0 aromatic rings. The zero-order valence-electron chi connectivity index (χ0n) is 9.99. The number of carbonyl (C=O) groups is 1. The van der Waals surface area contributed by atoms with Crippen molar-refractivity contribution in [3.05, 3.63) is 0 Å². The molecule has 3 nitrogen and oxygen atoms in total. The number of nitrogens with zero attached hydrogens (tertiary/aromatic N) is 1. The van der Waals surface area contributed by atoms with Gasteiger partial charge in [0.05, 0.1) is 12.2 Å². The maximum atomic E-state index is 12.1. The van der Waals surface area contributed by atoms with Crippen molar-refractivity contribution in [2.75, 3.05) is 0 Å². The summed E-state index contributed by atoms with van der Waals surface area (Å²) in [6.45, 7) is 6.50. The molecule has 1 N–H and O–H groups in total. The average molecular weight is 210 g/mol. The highest BCUT2D eigenvalue weighted by Crippen LogP contribution is 2.38. The molecule has 0 radical (unpaired) electrons. The Bertz CT molecular complexity index is 254. The Kier molecular flexibility index (Phi) is 3.01. The molecule has 86 valence electrons. The zero-order chi connectivity index (χ0) is 11.0. The second-order valence-electron chi connectivity index (χ2n) is 4.96. The minimum absolute atomic E-state index is 0.0781. The molecule has 0 bridgehead atoms. The van der Waals surface area contributed by atoms with Crippen LogP contribution in [0.15, 0.2) is 0 Å². The minimum Gasteiger partial charge on any atom is -0.323 e. The van der Waals surface area contributed by atoms with Crippen molar-refractivity contribution in [3.63, 3.8) is 0 Å². The van der Waals surface area contributed by atoms with Crippen LogP contribution in [0.5, 0.6) is 0 Å². The molecule has 2 aliphatic rings. The van der Waals surface area contributed by atoms with Crippen LogP contribution in [-0.4, -0.2) is 29.1 Å². The van der Waals surface area contributed by atoms with Crippen LogP contribution in [0.2, 0.25) is 0 Å². The first kappa shape index (κ1) is 10.9. The Hall–Kier alpha value is -0.570. The monoisotopic (exact) mass is 210 g/mol. The molecule has 1 heterocycles. The zero-order valence-corrected chi connectivity index (χ0v) is 9.99. The predicted octanol–water partition coefficient (Wildman–Crippen LogP) is 1.73. The van der Waals surface area contributed by atoms with Gasteiger partial charge in [0.15, 0.2) is 0 Å². The van der Waals surface area contributed by atoms with Crippen molar-refractivity contribution < 1.29 is 4.79 Å². The lowest BCUT2D eigenvalue weighted by molar-refractivity contribution is -0.130. The maximum absolute atomic E-state index is 12.1. The highest BCUT2D eigenvalue weighted by molar-refractivity contribution is 5.84. The lowest BCUT2D eigenvalue weighted by Gasteiger charge is -2.24. The van der Waals surface area contributed by atoms with Gasteiger partial charge in [-0.25, -0.2) is 0 Å². The van der Waals surface area contributed by atoms with Gasteiger partial charge in [-0.05, 0) is 25.2 Å². The quantitative estimate of drug-likeness (QED) is 0.766. The lowest BCUT2D eigenvalue weighted by atomic mass is 10.2. The molecule has 15 heavy (non-hydrogen) atoms. The fraction of sp³-hybridized carbons (Fsp3) is 0.917. The summed E-state index contributed by atoms with van der Waals surface area (Å²) >= 11 is 0. The summed E-state index contributed by atoms with van der Waals surface area (Å²) in [6.07, 6.45) is 4.65. The maximum Gasteiger partial charge on any atom is 0.241 e. The summed E-state index contributed by atoms with van der Waals surface area (Å²) < 4.78 is 0. The molecule has 1 aliphatic heterocycles. The van der Waals surface area contributed by atoms with Crippen LogP contribution in [0.3, 0.4) is 0 Å². The van der Waals surface area contributed by atoms with Crippen molar-refractivity contribution in [1.82, 2.24) is 10.2 Å². The van der Waals surface area contributed by atoms with Crippen LogP contribution in [0.1, 0.15) is 46.5 Å². The fourth-order valence-corrected chi connectivity index (χ4v) is 2.59. The van der Waals surface area contributed by atoms with Gasteiger partial charge in [-0.15, -0.1) is 0 Å². The SMILES string of the molecule is CCCC1NC(CC)C(=O)N1C1CC1C. The second kappa shape index (κ2) is 4.12. The number of rotatable bonds is 4. The third-order valence-corrected chi connectivity index (χ3v) is 3.68. The lowest BCUT2D eigenvalue weighted by Crippen LogP contribution is -2.39. The second-order valence-corrected chi connectivity index (χ2v) is 4.96. The van der Waals surface area contributed by atoms with E-state index in [4.69, 9.17) is 0 Å². The minimum atomic E-state index is 0.0781. The van der Waals surface area contributed by atoms with Crippen molar-refractivity contribution >= 4 is 5.91 Å². The number of carbonyl (C=O) groups excluding carboxylic acids is 1. The highest BCUT2D eigenvalue weighted by atomic mass is 16.2. The molecule has 0 spiro atoms. The summed E-state index contributed by atoms with van der Waals surface area (Å²) in [5.41, 5.74) is 0. The van der Waals surface area contributed by atoms with E-state index >= 15 is 0 Å². The van der Waals surface area contributed by atoms with E-state index in [2.05, 4.69) is 31.0 Å². The van der Waals surface area contributed by atoms with Crippen LogP contribution in [0.4, 0.5) is 0 Å². The molecule has 2 fully saturated rings. The first-order chi connectivity index (χ1) is 7.19. The van der Waals surface area contributed by atoms with Crippen LogP contribution >= 0.6 is 0 Å². The Morgan fingerprint density at radius 3 is 2.60 bits per heavy atom. The van der Waals surface area contributed by atoms with E-state index in [1.807, 2.05) is 0 Å². The van der Waals surface area contributed by atoms with Crippen molar-refractivity contribution in [2.45, 2.75) is 64.7 Å². The Labute approximate surface area is 92.2 Å². The van der Waals surface area contributed by atoms with E-state index in [1.165, 1.54) is 6.42 Å². The van der Waals surface area contributed by atoms with Gasteiger partial charge >= 0.3 is 0 Å². The summed E-state index contributed by atoms with van der Waals surface area (Å²) in [7, 11) is 0. The molecule has 1 aliphatic carbocycles. The van der Waals surface area contributed by atoms with E-state index in [1.54, 1.807) is 0 Å². The summed E-state index contributed by atoms with van der Waals surface area (Å²) in [4.78, 5) is 14.2. The van der Waals surface area contributed by atoms with E-state index in [0.29, 0.717) is 24.0 Å².